The number of thiophene rings is 1. The molecule has 2 heterocycles. The van der Waals surface area contributed by atoms with Gasteiger partial charge >= 0.3 is 5.97 Å². The number of ether oxygens (including phenoxy) is 1. The van der Waals surface area contributed by atoms with Crippen molar-refractivity contribution in [3.8, 4) is 16.8 Å². The summed E-state index contributed by atoms with van der Waals surface area (Å²) in [5.74, 6) is 0.581. The molecule has 0 saturated heterocycles. The van der Waals surface area contributed by atoms with Crippen LogP contribution in [-0.4, -0.2) is 33.1 Å². The lowest BCUT2D eigenvalue weighted by molar-refractivity contribution is -0.140. The van der Waals surface area contributed by atoms with Crippen LogP contribution in [0.3, 0.4) is 0 Å². The molecule has 0 spiro atoms. The number of carbonyl (C=O) groups excluding carboxylic acids is 1. The molecule has 2 aromatic heterocycles. The number of hydrogen-bond acceptors (Lipinski definition) is 7. The molecule has 0 saturated carbocycles. The second-order valence-electron chi connectivity index (χ2n) is 7.54. The van der Waals surface area contributed by atoms with Crippen molar-refractivity contribution in [2.45, 2.75) is 30.5 Å². The highest BCUT2D eigenvalue weighted by Gasteiger charge is 2.34. The van der Waals surface area contributed by atoms with Gasteiger partial charge in [-0.1, -0.05) is 78.5 Å². The van der Waals surface area contributed by atoms with E-state index in [-0.39, 0.29) is 18.3 Å². The molecule has 0 atom stereocenters. The van der Waals surface area contributed by atoms with Gasteiger partial charge in [-0.2, -0.15) is 5.26 Å². The summed E-state index contributed by atoms with van der Waals surface area (Å²) in [7, 11) is 0. The molecule has 4 rings (SSSR count). The second kappa shape index (κ2) is 11.1. The Morgan fingerprint density at radius 3 is 2.29 bits per heavy atom. The lowest BCUT2D eigenvalue weighted by Crippen LogP contribution is -2.28. The van der Waals surface area contributed by atoms with Gasteiger partial charge in [0.2, 0.25) is 0 Å². The van der Waals surface area contributed by atoms with Crippen molar-refractivity contribution >= 4 is 29.1 Å². The van der Waals surface area contributed by atoms with Crippen molar-refractivity contribution in [2.24, 2.45) is 0 Å². The van der Waals surface area contributed by atoms with Crippen molar-refractivity contribution in [1.29, 1.82) is 5.26 Å². The van der Waals surface area contributed by atoms with E-state index in [0.29, 0.717) is 18.1 Å². The number of rotatable bonds is 10. The molecule has 6 nitrogen and oxygen atoms in total. The minimum absolute atomic E-state index is 0.124. The van der Waals surface area contributed by atoms with Gasteiger partial charge in [-0.25, -0.2) is 0 Å². The average Bonchev–Trinajstić information content (AvgIpc) is 3.56. The van der Waals surface area contributed by atoms with Crippen LogP contribution in [0.2, 0.25) is 0 Å². The van der Waals surface area contributed by atoms with Gasteiger partial charge in [0.05, 0.1) is 23.3 Å². The fraction of sp³-hybridized carbons (Fsp3) is 0.231. The van der Waals surface area contributed by atoms with Gasteiger partial charge in [0.1, 0.15) is 5.41 Å². The SMILES string of the molecule is CCn1c(SCC(=O)OCCC(C#N)(c2ccccc2)c2ccccc2)nnc1-c1cccs1. The van der Waals surface area contributed by atoms with Gasteiger partial charge in [0.15, 0.2) is 11.0 Å². The maximum atomic E-state index is 12.5. The summed E-state index contributed by atoms with van der Waals surface area (Å²) in [5.41, 5.74) is 0.867. The number of nitrogens with zero attached hydrogens (tertiary/aromatic N) is 4. The summed E-state index contributed by atoms with van der Waals surface area (Å²) in [6.45, 7) is 2.87. The van der Waals surface area contributed by atoms with E-state index in [1.165, 1.54) is 11.8 Å². The molecule has 0 bridgehead atoms. The molecule has 172 valence electrons. The van der Waals surface area contributed by atoms with Gasteiger partial charge in [0, 0.05) is 13.0 Å². The van der Waals surface area contributed by atoms with E-state index in [2.05, 4.69) is 16.3 Å². The summed E-state index contributed by atoms with van der Waals surface area (Å²) in [5, 5.41) is 21.5. The number of benzene rings is 2. The first-order valence-corrected chi connectivity index (χ1v) is 12.8. The van der Waals surface area contributed by atoms with Crippen LogP contribution in [0.5, 0.6) is 0 Å². The van der Waals surface area contributed by atoms with Crippen LogP contribution in [-0.2, 0) is 21.5 Å². The number of hydrogen-bond donors (Lipinski definition) is 0. The smallest absolute Gasteiger partial charge is 0.316 e. The fourth-order valence-corrected chi connectivity index (χ4v) is 5.35. The molecule has 0 aliphatic heterocycles. The van der Waals surface area contributed by atoms with Gasteiger partial charge in [-0.15, -0.1) is 21.5 Å². The highest BCUT2D eigenvalue weighted by Crippen LogP contribution is 2.35. The number of carbonyl (C=O) groups is 1. The Hall–Kier alpha value is -3.41. The first-order chi connectivity index (χ1) is 16.7. The quantitative estimate of drug-likeness (QED) is 0.215. The Morgan fingerprint density at radius 1 is 1.06 bits per heavy atom. The topological polar surface area (TPSA) is 80.8 Å². The summed E-state index contributed by atoms with van der Waals surface area (Å²) in [4.78, 5) is 13.6. The Labute approximate surface area is 207 Å². The Balaban J connectivity index is 1.40. The van der Waals surface area contributed by atoms with Gasteiger partial charge < -0.3 is 9.30 Å². The number of nitriles is 1. The zero-order valence-corrected chi connectivity index (χ0v) is 20.4. The summed E-state index contributed by atoms with van der Waals surface area (Å²) >= 11 is 2.91. The predicted molar refractivity (Wildman–Crippen MR) is 135 cm³/mol. The predicted octanol–water partition coefficient (Wildman–Crippen LogP) is 5.56. The van der Waals surface area contributed by atoms with E-state index in [4.69, 9.17) is 4.74 Å². The van der Waals surface area contributed by atoms with Gasteiger partial charge in [0.25, 0.3) is 0 Å². The van der Waals surface area contributed by atoms with E-state index < -0.39 is 5.41 Å². The normalized spacial score (nSPS) is 11.2. The standard InChI is InChI=1S/C26H24N4O2S2/c1-2-30-24(22-14-9-17-33-22)28-29-25(30)34-18-23(31)32-16-15-26(19-27,20-10-5-3-6-11-20)21-12-7-4-8-13-21/h3-14,17H,2,15-16,18H2,1H3. The molecule has 0 unspecified atom stereocenters. The molecule has 0 fully saturated rings. The van der Waals surface area contributed by atoms with Crippen LogP contribution >= 0.6 is 23.1 Å². The van der Waals surface area contributed by atoms with Crippen LogP contribution in [0.25, 0.3) is 10.7 Å². The largest absolute Gasteiger partial charge is 0.465 e. The third kappa shape index (κ3) is 5.06. The Morgan fingerprint density at radius 2 is 1.74 bits per heavy atom. The number of aromatic nitrogens is 3. The number of thioether (sulfide) groups is 1. The van der Waals surface area contributed by atoms with Crippen molar-refractivity contribution < 1.29 is 9.53 Å². The molecule has 4 aromatic rings. The van der Waals surface area contributed by atoms with E-state index in [1.54, 1.807) is 11.3 Å². The fourth-order valence-electron chi connectivity index (χ4n) is 3.84. The molecule has 0 N–H and O–H groups in total. The molecular formula is C26H24N4O2S2. The maximum Gasteiger partial charge on any atom is 0.316 e. The maximum absolute atomic E-state index is 12.5. The summed E-state index contributed by atoms with van der Waals surface area (Å²) in [6.07, 6.45) is 0.363. The minimum atomic E-state index is -0.895. The molecule has 0 radical (unpaired) electrons. The van der Waals surface area contributed by atoms with Crippen LogP contribution in [0, 0.1) is 11.3 Å². The first-order valence-electron chi connectivity index (χ1n) is 11.0. The third-order valence-corrected chi connectivity index (χ3v) is 7.36. The average molecular weight is 489 g/mol. The molecule has 0 aliphatic rings. The minimum Gasteiger partial charge on any atom is -0.465 e. The number of esters is 1. The third-order valence-electron chi connectivity index (χ3n) is 5.56. The van der Waals surface area contributed by atoms with Gasteiger partial charge in [-0.05, 0) is 29.5 Å². The van der Waals surface area contributed by atoms with Crippen molar-refractivity contribution in [3.05, 3.63) is 89.3 Å². The van der Waals surface area contributed by atoms with Crippen LogP contribution in [0.1, 0.15) is 24.5 Å². The van der Waals surface area contributed by atoms with Crippen LogP contribution in [0.4, 0.5) is 0 Å². The molecular weight excluding hydrogens is 464 g/mol. The molecule has 8 heteroatoms. The highest BCUT2D eigenvalue weighted by atomic mass is 32.2. The van der Waals surface area contributed by atoms with Crippen LogP contribution in [0.15, 0.2) is 83.3 Å². The Bertz CT molecular complexity index is 1210. The molecule has 34 heavy (non-hydrogen) atoms. The lowest BCUT2D eigenvalue weighted by atomic mass is 9.73. The summed E-state index contributed by atoms with van der Waals surface area (Å²) < 4.78 is 7.55. The lowest BCUT2D eigenvalue weighted by Gasteiger charge is -2.27. The van der Waals surface area contributed by atoms with E-state index in [9.17, 15) is 10.1 Å². The zero-order chi connectivity index (χ0) is 23.8. The molecule has 0 aliphatic carbocycles. The van der Waals surface area contributed by atoms with E-state index in [0.717, 1.165) is 21.8 Å². The van der Waals surface area contributed by atoms with Crippen molar-refractivity contribution in [3.63, 3.8) is 0 Å². The van der Waals surface area contributed by atoms with Crippen molar-refractivity contribution in [2.75, 3.05) is 12.4 Å². The highest BCUT2D eigenvalue weighted by molar-refractivity contribution is 7.99. The zero-order valence-electron chi connectivity index (χ0n) is 18.8. The monoisotopic (exact) mass is 488 g/mol. The molecule has 0 amide bonds. The second-order valence-corrected chi connectivity index (χ2v) is 9.43. The van der Waals surface area contributed by atoms with Gasteiger partial charge in [-0.3, -0.25) is 4.79 Å². The van der Waals surface area contributed by atoms with E-state index >= 15 is 0 Å². The molecule has 2 aromatic carbocycles. The van der Waals surface area contributed by atoms with E-state index in [1.807, 2.05) is 89.7 Å². The van der Waals surface area contributed by atoms with Crippen LogP contribution < -0.4 is 0 Å². The first kappa shape index (κ1) is 23.7. The Kier molecular flexibility index (Phi) is 7.78. The van der Waals surface area contributed by atoms with Crippen molar-refractivity contribution in [1.82, 2.24) is 14.8 Å². The summed E-state index contributed by atoms with van der Waals surface area (Å²) in [6, 6.07) is 25.8.